The smallest absolute Gasteiger partial charge is 0.0605 e. The second-order valence-electron chi connectivity index (χ2n) is 8.04. The monoisotopic (exact) mass is 399 g/mol. The lowest BCUT2D eigenvalue weighted by atomic mass is 9.72. The van der Waals surface area contributed by atoms with Crippen LogP contribution in [0.5, 0.6) is 0 Å². The molecule has 2 heterocycles. The van der Waals surface area contributed by atoms with Crippen molar-refractivity contribution < 1.29 is 0 Å². The van der Waals surface area contributed by atoms with Crippen molar-refractivity contribution in [1.29, 1.82) is 0 Å². The quantitative estimate of drug-likeness (QED) is 0.276. The summed E-state index contributed by atoms with van der Waals surface area (Å²) in [5.74, 6) is 0. The van der Waals surface area contributed by atoms with Gasteiger partial charge in [-0.1, -0.05) is 80.0 Å². The lowest BCUT2D eigenvalue weighted by Gasteiger charge is -2.37. The molecule has 0 aliphatic carbocycles. The van der Waals surface area contributed by atoms with Crippen molar-refractivity contribution in [3.63, 3.8) is 0 Å². The van der Waals surface area contributed by atoms with Gasteiger partial charge in [-0.2, -0.15) is 0 Å². The van der Waals surface area contributed by atoms with Crippen LogP contribution < -0.4 is 5.32 Å². The maximum absolute atomic E-state index is 6.77. The first-order chi connectivity index (χ1) is 13.6. The Hall–Kier alpha value is -2.55. The predicted molar refractivity (Wildman–Crippen MR) is 124 cm³/mol. The first kappa shape index (κ1) is 16.4. The van der Waals surface area contributed by atoms with Gasteiger partial charge in [0.1, 0.15) is 0 Å². The number of rotatable bonds is 0. The van der Waals surface area contributed by atoms with E-state index in [4.69, 9.17) is 11.6 Å². The summed E-state index contributed by atoms with van der Waals surface area (Å²) in [4.78, 5) is 0. The van der Waals surface area contributed by atoms with Crippen molar-refractivity contribution in [3.05, 3.63) is 82.9 Å². The van der Waals surface area contributed by atoms with Gasteiger partial charge in [0.25, 0.3) is 0 Å². The fraction of sp³-hybridized carbons (Fsp3) is 0.120. The second kappa shape index (κ2) is 5.50. The molecule has 1 N–H and O–H groups in total. The maximum Gasteiger partial charge on any atom is 0.0605 e. The van der Waals surface area contributed by atoms with Crippen LogP contribution in [0.4, 0.5) is 11.4 Å². The molecule has 0 amide bonds. The zero-order chi connectivity index (χ0) is 19.0. The Morgan fingerprint density at radius 1 is 0.893 bits per heavy atom. The summed E-state index contributed by atoms with van der Waals surface area (Å²) in [6, 6.07) is 23.8. The standard InChI is InChI=1S/C25H18ClNS/c1-25(2)17-12-11-14-7-3-4-8-15(14)23(17)27-19-13-18(26)24-21(22(19)25)16-9-5-6-10-20(16)28-24/h3-13,27H,1-2H3. The van der Waals surface area contributed by atoms with Crippen molar-refractivity contribution in [2.75, 3.05) is 5.32 Å². The summed E-state index contributed by atoms with van der Waals surface area (Å²) in [7, 11) is 0. The van der Waals surface area contributed by atoms with E-state index in [0.717, 1.165) is 10.7 Å². The molecule has 1 aliphatic rings. The summed E-state index contributed by atoms with van der Waals surface area (Å²) in [6.07, 6.45) is 0. The van der Waals surface area contributed by atoms with Crippen LogP contribution in [0, 0.1) is 0 Å². The van der Waals surface area contributed by atoms with Crippen molar-refractivity contribution in [3.8, 4) is 0 Å². The third-order valence-corrected chi connectivity index (χ3v) is 7.70. The molecular weight excluding hydrogens is 382 g/mol. The molecule has 1 nitrogen and oxygen atoms in total. The van der Waals surface area contributed by atoms with Crippen LogP contribution in [0.3, 0.4) is 0 Å². The van der Waals surface area contributed by atoms with Gasteiger partial charge in [-0.05, 0) is 28.6 Å². The first-order valence-electron chi connectivity index (χ1n) is 9.49. The number of hydrogen-bond donors (Lipinski definition) is 1. The van der Waals surface area contributed by atoms with Gasteiger partial charge < -0.3 is 5.32 Å². The normalized spacial score (nSPS) is 14.8. The van der Waals surface area contributed by atoms with Crippen LogP contribution in [-0.2, 0) is 5.41 Å². The van der Waals surface area contributed by atoms with Crippen LogP contribution in [0.1, 0.15) is 25.0 Å². The molecule has 0 saturated heterocycles. The minimum absolute atomic E-state index is 0.132. The number of halogens is 1. The highest BCUT2D eigenvalue weighted by Crippen LogP contribution is 2.54. The molecule has 136 valence electrons. The third kappa shape index (κ3) is 2.02. The van der Waals surface area contributed by atoms with E-state index < -0.39 is 0 Å². The summed E-state index contributed by atoms with van der Waals surface area (Å²) in [5.41, 5.74) is 4.86. The molecule has 5 aromatic rings. The Morgan fingerprint density at radius 2 is 1.64 bits per heavy atom. The molecule has 1 aliphatic heterocycles. The number of thiophene rings is 1. The summed E-state index contributed by atoms with van der Waals surface area (Å²) >= 11 is 8.56. The van der Waals surface area contributed by atoms with Gasteiger partial charge in [-0.3, -0.25) is 0 Å². The molecule has 0 bridgehead atoms. The zero-order valence-corrected chi connectivity index (χ0v) is 17.2. The van der Waals surface area contributed by atoms with Crippen LogP contribution in [-0.4, -0.2) is 0 Å². The van der Waals surface area contributed by atoms with Crippen LogP contribution in [0.25, 0.3) is 30.9 Å². The van der Waals surface area contributed by atoms with Gasteiger partial charge >= 0.3 is 0 Å². The van der Waals surface area contributed by atoms with E-state index in [2.05, 4.69) is 85.9 Å². The summed E-state index contributed by atoms with van der Waals surface area (Å²) < 4.78 is 2.47. The highest BCUT2D eigenvalue weighted by atomic mass is 35.5. The lowest BCUT2D eigenvalue weighted by Crippen LogP contribution is -2.26. The molecule has 4 aromatic carbocycles. The number of benzene rings is 4. The highest BCUT2D eigenvalue weighted by molar-refractivity contribution is 7.26. The molecule has 0 atom stereocenters. The van der Waals surface area contributed by atoms with E-state index in [1.807, 2.05) is 0 Å². The highest BCUT2D eigenvalue weighted by Gasteiger charge is 2.36. The Bertz CT molecular complexity index is 1430. The van der Waals surface area contributed by atoms with E-state index in [1.54, 1.807) is 11.3 Å². The van der Waals surface area contributed by atoms with Gasteiger partial charge in [0, 0.05) is 32.0 Å². The van der Waals surface area contributed by atoms with E-state index in [0.29, 0.717) is 0 Å². The zero-order valence-electron chi connectivity index (χ0n) is 15.6. The largest absolute Gasteiger partial charge is 0.354 e. The van der Waals surface area contributed by atoms with Gasteiger partial charge in [0.15, 0.2) is 0 Å². The average Bonchev–Trinajstić information content (AvgIpc) is 3.08. The molecule has 0 fully saturated rings. The first-order valence-corrected chi connectivity index (χ1v) is 10.7. The molecular formula is C25H18ClNS. The minimum atomic E-state index is -0.132. The lowest BCUT2D eigenvalue weighted by molar-refractivity contribution is 0.646. The summed E-state index contributed by atoms with van der Waals surface area (Å²) in [6.45, 7) is 4.67. The predicted octanol–water partition coefficient (Wildman–Crippen LogP) is 8.24. The van der Waals surface area contributed by atoms with Crippen LogP contribution >= 0.6 is 22.9 Å². The molecule has 0 radical (unpaired) electrons. The Labute approximate surface area is 172 Å². The molecule has 0 spiro atoms. The fourth-order valence-electron chi connectivity index (χ4n) is 4.81. The Kier molecular flexibility index (Phi) is 3.22. The van der Waals surface area contributed by atoms with Crippen LogP contribution in [0.15, 0.2) is 66.7 Å². The molecule has 0 saturated carbocycles. The number of nitrogens with one attached hydrogen (secondary N) is 1. The molecule has 1 aromatic heterocycles. The third-order valence-electron chi connectivity index (χ3n) is 6.09. The van der Waals surface area contributed by atoms with Crippen molar-refractivity contribution in [1.82, 2.24) is 0 Å². The van der Waals surface area contributed by atoms with Gasteiger partial charge in [0.2, 0.25) is 0 Å². The van der Waals surface area contributed by atoms with Gasteiger partial charge in [-0.25, -0.2) is 0 Å². The fourth-order valence-corrected chi connectivity index (χ4v) is 6.24. The molecule has 28 heavy (non-hydrogen) atoms. The van der Waals surface area contributed by atoms with Gasteiger partial charge in [-0.15, -0.1) is 11.3 Å². The number of hydrogen-bond acceptors (Lipinski definition) is 2. The second-order valence-corrected chi connectivity index (χ2v) is 9.50. The Balaban J connectivity index is 1.77. The van der Waals surface area contributed by atoms with Crippen molar-refractivity contribution in [2.24, 2.45) is 0 Å². The Morgan fingerprint density at radius 3 is 2.50 bits per heavy atom. The maximum atomic E-state index is 6.77. The minimum Gasteiger partial charge on any atom is -0.354 e. The summed E-state index contributed by atoms with van der Waals surface area (Å²) in [5, 5.41) is 9.66. The molecule has 0 unspecified atom stereocenters. The number of anilines is 2. The molecule has 6 rings (SSSR count). The van der Waals surface area contributed by atoms with E-state index in [9.17, 15) is 0 Å². The van der Waals surface area contributed by atoms with E-state index in [1.165, 1.54) is 47.8 Å². The van der Waals surface area contributed by atoms with Gasteiger partial charge in [0.05, 0.1) is 15.4 Å². The SMILES string of the molecule is CC1(C)c2ccc3ccccc3c2Nc2cc(Cl)c3sc4ccccc4c3c21. The number of fused-ring (bicyclic) bond motifs is 8. The van der Waals surface area contributed by atoms with Crippen LogP contribution in [0.2, 0.25) is 5.02 Å². The van der Waals surface area contributed by atoms with E-state index in [-0.39, 0.29) is 5.41 Å². The van der Waals surface area contributed by atoms with Crippen molar-refractivity contribution in [2.45, 2.75) is 19.3 Å². The topological polar surface area (TPSA) is 12.0 Å². The van der Waals surface area contributed by atoms with E-state index >= 15 is 0 Å². The molecule has 3 heteroatoms. The average molecular weight is 400 g/mol. The van der Waals surface area contributed by atoms with Crippen molar-refractivity contribution >= 4 is 65.3 Å².